The second-order valence-corrected chi connectivity index (χ2v) is 2.79. The minimum atomic E-state index is -1.03. The standard InChI is InChI=1S/C10H15NO3/c1-12-10(13-2,14-3)8-9-6-4-5-7-11-9/h4-7H,8H2,1-3H3. The monoisotopic (exact) mass is 197 g/mol. The van der Waals surface area contributed by atoms with Crippen LogP contribution in [0.15, 0.2) is 24.4 Å². The quantitative estimate of drug-likeness (QED) is 0.665. The van der Waals surface area contributed by atoms with Crippen molar-refractivity contribution in [3.05, 3.63) is 30.1 Å². The largest absolute Gasteiger partial charge is 0.331 e. The molecule has 0 saturated heterocycles. The van der Waals surface area contributed by atoms with E-state index in [9.17, 15) is 0 Å². The van der Waals surface area contributed by atoms with E-state index in [0.717, 1.165) is 5.69 Å². The van der Waals surface area contributed by atoms with Gasteiger partial charge in [0.15, 0.2) is 0 Å². The first-order chi connectivity index (χ1) is 6.76. The maximum absolute atomic E-state index is 5.16. The highest BCUT2D eigenvalue weighted by Gasteiger charge is 2.30. The molecule has 0 aliphatic heterocycles. The highest BCUT2D eigenvalue weighted by atomic mass is 16.9. The molecule has 1 aromatic rings. The summed E-state index contributed by atoms with van der Waals surface area (Å²) in [6.07, 6.45) is 2.18. The first-order valence-corrected chi connectivity index (χ1v) is 4.31. The van der Waals surface area contributed by atoms with Crippen LogP contribution >= 0.6 is 0 Å². The molecule has 0 aliphatic carbocycles. The number of ether oxygens (including phenoxy) is 3. The van der Waals surface area contributed by atoms with Crippen LogP contribution < -0.4 is 0 Å². The second-order valence-electron chi connectivity index (χ2n) is 2.79. The second kappa shape index (κ2) is 5.05. The first kappa shape index (κ1) is 11.1. The van der Waals surface area contributed by atoms with Crippen molar-refractivity contribution >= 4 is 0 Å². The normalized spacial score (nSPS) is 11.6. The third-order valence-corrected chi connectivity index (χ3v) is 2.06. The topological polar surface area (TPSA) is 40.6 Å². The highest BCUT2D eigenvalue weighted by molar-refractivity contribution is 5.04. The highest BCUT2D eigenvalue weighted by Crippen LogP contribution is 2.17. The zero-order chi connectivity index (χ0) is 10.4. The summed E-state index contributed by atoms with van der Waals surface area (Å²) in [7, 11) is 4.61. The van der Waals surface area contributed by atoms with E-state index in [4.69, 9.17) is 14.2 Å². The minimum Gasteiger partial charge on any atom is -0.331 e. The van der Waals surface area contributed by atoms with Crippen LogP contribution in [0.3, 0.4) is 0 Å². The van der Waals surface area contributed by atoms with Crippen LogP contribution in [-0.2, 0) is 20.6 Å². The number of methoxy groups -OCH3 is 3. The van der Waals surface area contributed by atoms with Crippen LogP contribution in [0, 0.1) is 0 Å². The van der Waals surface area contributed by atoms with Gasteiger partial charge in [-0.3, -0.25) is 4.98 Å². The summed E-state index contributed by atoms with van der Waals surface area (Å²) in [5, 5.41) is 0. The van der Waals surface area contributed by atoms with Gasteiger partial charge in [0.05, 0.1) is 6.42 Å². The maximum Gasteiger partial charge on any atom is 0.287 e. The van der Waals surface area contributed by atoms with Gasteiger partial charge in [0.1, 0.15) is 0 Å². The maximum atomic E-state index is 5.16. The molecule has 4 heteroatoms. The van der Waals surface area contributed by atoms with Crippen LogP contribution in [0.1, 0.15) is 5.69 Å². The molecule has 0 spiro atoms. The van der Waals surface area contributed by atoms with Gasteiger partial charge in [0.25, 0.3) is 5.97 Å². The number of nitrogens with zero attached hydrogens (tertiary/aromatic N) is 1. The molecule has 14 heavy (non-hydrogen) atoms. The Labute approximate surface area is 83.8 Å². The van der Waals surface area contributed by atoms with Crippen molar-refractivity contribution in [3.63, 3.8) is 0 Å². The smallest absolute Gasteiger partial charge is 0.287 e. The molecule has 4 nitrogen and oxygen atoms in total. The van der Waals surface area contributed by atoms with Crippen molar-refractivity contribution in [3.8, 4) is 0 Å². The lowest BCUT2D eigenvalue weighted by molar-refractivity contribution is -0.351. The number of aromatic nitrogens is 1. The lowest BCUT2D eigenvalue weighted by Gasteiger charge is -2.28. The number of pyridine rings is 1. The average Bonchev–Trinajstić information content (AvgIpc) is 2.28. The molecule has 0 aromatic carbocycles. The van der Waals surface area contributed by atoms with Crippen LogP contribution in [0.4, 0.5) is 0 Å². The number of hydrogen-bond donors (Lipinski definition) is 0. The van der Waals surface area contributed by atoms with E-state index in [1.54, 1.807) is 6.20 Å². The summed E-state index contributed by atoms with van der Waals surface area (Å²) in [4.78, 5) is 4.17. The predicted molar refractivity (Wildman–Crippen MR) is 51.7 cm³/mol. The summed E-state index contributed by atoms with van der Waals surface area (Å²) < 4.78 is 15.5. The summed E-state index contributed by atoms with van der Waals surface area (Å²) in [6.45, 7) is 0. The Balaban J connectivity index is 2.74. The van der Waals surface area contributed by atoms with Crippen LogP contribution in [0.25, 0.3) is 0 Å². The SMILES string of the molecule is COC(Cc1ccccn1)(OC)OC. The fourth-order valence-electron chi connectivity index (χ4n) is 1.19. The van der Waals surface area contributed by atoms with E-state index < -0.39 is 5.97 Å². The molecule has 0 unspecified atom stereocenters. The fraction of sp³-hybridized carbons (Fsp3) is 0.500. The molecular weight excluding hydrogens is 182 g/mol. The summed E-state index contributed by atoms with van der Waals surface area (Å²) in [6, 6.07) is 5.66. The van der Waals surface area contributed by atoms with E-state index in [0.29, 0.717) is 6.42 Å². The van der Waals surface area contributed by atoms with E-state index in [1.165, 1.54) is 21.3 Å². The van der Waals surface area contributed by atoms with Crippen molar-refractivity contribution in [1.29, 1.82) is 0 Å². The number of rotatable bonds is 5. The number of hydrogen-bond acceptors (Lipinski definition) is 4. The molecule has 0 bridgehead atoms. The van der Waals surface area contributed by atoms with Crippen molar-refractivity contribution in [1.82, 2.24) is 4.98 Å². The Morgan fingerprint density at radius 2 is 1.79 bits per heavy atom. The van der Waals surface area contributed by atoms with Gasteiger partial charge in [-0.2, -0.15) is 0 Å². The molecule has 0 fully saturated rings. The summed E-state index contributed by atoms with van der Waals surface area (Å²) in [5.41, 5.74) is 0.859. The van der Waals surface area contributed by atoms with Gasteiger partial charge in [-0.1, -0.05) is 6.07 Å². The zero-order valence-electron chi connectivity index (χ0n) is 8.69. The Morgan fingerprint density at radius 3 is 2.21 bits per heavy atom. The molecule has 0 aliphatic rings. The van der Waals surface area contributed by atoms with Gasteiger partial charge in [0.2, 0.25) is 0 Å². The molecule has 1 aromatic heterocycles. The molecule has 1 rings (SSSR count). The van der Waals surface area contributed by atoms with Gasteiger partial charge < -0.3 is 14.2 Å². The Bertz CT molecular complexity index is 251. The molecule has 0 N–H and O–H groups in total. The zero-order valence-corrected chi connectivity index (χ0v) is 8.69. The Kier molecular flexibility index (Phi) is 4.00. The van der Waals surface area contributed by atoms with E-state index in [1.807, 2.05) is 18.2 Å². The van der Waals surface area contributed by atoms with Crippen molar-refractivity contribution in [2.45, 2.75) is 12.4 Å². The lowest BCUT2D eigenvalue weighted by Crippen LogP contribution is -2.38. The third kappa shape index (κ3) is 2.51. The van der Waals surface area contributed by atoms with Gasteiger partial charge in [-0.05, 0) is 12.1 Å². The molecule has 0 radical (unpaired) electrons. The van der Waals surface area contributed by atoms with Gasteiger partial charge >= 0.3 is 0 Å². The van der Waals surface area contributed by atoms with E-state index in [-0.39, 0.29) is 0 Å². The summed E-state index contributed by atoms with van der Waals surface area (Å²) >= 11 is 0. The van der Waals surface area contributed by atoms with Crippen molar-refractivity contribution in [2.75, 3.05) is 21.3 Å². The van der Waals surface area contributed by atoms with Gasteiger partial charge in [-0.15, -0.1) is 0 Å². The first-order valence-electron chi connectivity index (χ1n) is 4.31. The Hall–Kier alpha value is -0.970. The van der Waals surface area contributed by atoms with Crippen LogP contribution in [0.2, 0.25) is 0 Å². The van der Waals surface area contributed by atoms with E-state index in [2.05, 4.69) is 4.98 Å². The molecule has 78 valence electrons. The third-order valence-electron chi connectivity index (χ3n) is 2.06. The average molecular weight is 197 g/mol. The predicted octanol–water partition coefficient (Wildman–Crippen LogP) is 1.22. The van der Waals surface area contributed by atoms with Gasteiger partial charge in [0, 0.05) is 33.2 Å². The molecular formula is C10H15NO3. The van der Waals surface area contributed by atoms with Crippen LogP contribution in [0.5, 0.6) is 0 Å². The molecule has 0 amide bonds. The lowest BCUT2D eigenvalue weighted by atomic mass is 10.2. The van der Waals surface area contributed by atoms with Crippen LogP contribution in [-0.4, -0.2) is 32.3 Å². The minimum absolute atomic E-state index is 0.456. The van der Waals surface area contributed by atoms with Crippen molar-refractivity contribution in [2.24, 2.45) is 0 Å². The molecule has 0 atom stereocenters. The summed E-state index contributed by atoms with van der Waals surface area (Å²) in [5.74, 6) is -1.03. The van der Waals surface area contributed by atoms with Gasteiger partial charge in [-0.25, -0.2) is 0 Å². The Morgan fingerprint density at radius 1 is 1.14 bits per heavy atom. The molecule has 0 saturated carbocycles. The molecule has 1 heterocycles. The van der Waals surface area contributed by atoms with E-state index >= 15 is 0 Å². The fourth-order valence-corrected chi connectivity index (χ4v) is 1.19. The van der Waals surface area contributed by atoms with Crippen molar-refractivity contribution < 1.29 is 14.2 Å².